The number of carbonyl (C=O) groups excluding carboxylic acids is 4. The quantitative estimate of drug-likeness (QED) is 0.205. The average Bonchev–Trinajstić information content (AvgIpc) is 2.67. The molecule has 0 saturated heterocycles. The normalized spacial score (nSPS) is 11.4. The van der Waals surface area contributed by atoms with Gasteiger partial charge in [0.25, 0.3) is 0 Å². The maximum absolute atomic E-state index is 12.2. The Labute approximate surface area is 165 Å². The van der Waals surface area contributed by atoms with E-state index in [4.69, 9.17) is 18.9 Å². The van der Waals surface area contributed by atoms with Gasteiger partial charge in [-0.2, -0.15) is 0 Å². The van der Waals surface area contributed by atoms with Crippen molar-refractivity contribution >= 4 is 24.3 Å². The maximum atomic E-state index is 12.2. The molecule has 1 atom stereocenters. The van der Waals surface area contributed by atoms with Crippen LogP contribution in [0.25, 0.3) is 0 Å². The summed E-state index contributed by atoms with van der Waals surface area (Å²) in [6, 6.07) is -0.782. The molecule has 0 aliphatic rings. The van der Waals surface area contributed by atoms with Crippen LogP contribution in [0.2, 0.25) is 0 Å². The number of nitrogens with one attached hydrogen (secondary N) is 2. The van der Waals surface area contributed by atoms with Crippen LogP contribution in [0.5, 0.6) is 0 Å². The molecular weight excluding hydrogens is 372 g/mol. The van der Waals surface area contributed by atoms with E-state index in [1.54, 1.807) is 0 Å². The zero-order valence-electron chi connectivity index (χ0n) is 16.7. The second-order valence-electron chi connectivity index (χ2n) is 5.88. The Hall–Kier alpha value is -2.20. The lowest BCUT2D eigenvalue weighted by Gasteiger charge is -2.18. The van der Waals surface area contributed by atoms with E-state index in [-0.39, 0.29) is 51.1 Å². The van der Waals surface area contributed by atoms with Gasteiger partial charge in [0.05, 0.1) is 13.2 Å². The smallest absolute Gasteiger partial charge is 0.407 e. The second kappa shape index (κ2) is 18.2. The average molecular weight is 404 g/mol. The van der Waals surface area contributed by atoms with Crippen molar-refractivity contribution in [3.05, 3.63) is 0 Å². The third-order valence-electron chi connectivity index (χ3n) is 3.61. The molecule has 10 nitrogen and oxygen atoms in total. The van der Waals surface area contributed by atoms with Gasteiger partial charge in [0.2, 0.25) is 5.91 Å². The van der Waals surface area contributed by atoms with E-state index in [2.05, 4.69) is 10.6 Å². The van der Waals surface area contributed by atoms with Crippen LogP contribution in [0.3, 0.4) is 0 Å². The highest BCUT2D eigenvalue weighted by Gasteiger charge is 2.20. The SMILES string of the molecule is COCCOC(=O)CCCCCC(NC(=O)OCCOC)C(=O)NCCC=O. The summed E-state index contributed by atoms with van der Waals surface area (Å²) in [4.78, 5) is 45.8. The summed E-state index contributed by atoms with van der Waals surface area (Å²) in [6.07, 6.45) is 2.78. The van der Waals surface area contributed by atoms with Crippen molar-refractivity contribution in [1.29, 1.82) is 0 Å². The molecule has 10 heteroatoms. The first kappa shape index (κ1) is 25.8. The van der Waals surface area contributed by atoms with Gasteiger partial charge in [-0.1, -0.05) is 12.8 Å². The van der Waals surface area contributed by atoms with Gasteiger partial charge >= 0.3 is 12.1 Å². The molecule has 0 bridgehead atoms. The fraction of sp³-hybridized carbons (Fsp3) is 0.778. The molecule has 0 heterocycles. The number of rotatable bonds is 17. The van der Waals surface area contributed by atoms with Gasteiger partial charge in [0.1, 0.15) is 25.5 Å². The number of hydrogen-bond acceptors (Lipinski definition) is 8. The molecule has 0 fully saturated rings. The Morgan fingerprint density at radius 1 is 0.929 bits per heavy atom. The number of unbranched alkanes of at least 4 members (excludes halogenated alkanes) is 2. The number of ether oxygens (including phenoxy) is 4. The lowest BCUT2D eigenvalue weighted by Crippen LogP contribution is -2.47. The van der Waals surface area contributed by atoms with Crippen LogP contribution in [0.15, 0.2) is 0 Å². The second-order valence-corrected chi connectivity index (χ2v) is 5.88. The van der Waals surface area contributed by atoms with E-state index in [0.29, 0.717) is 38.6 Å². The predicted molar refractivity (Wildman–Crippen MR) is 99.8 cm³/mol. The van der Waals surface area contributed by atoms with Crippen molar-refractivity contribution in [1.82, 2.24) is 10.6 Å². The van der Waals surface area contributed by atoms with Gasteiger partial charge in [-0.05, 0) is 12.8 Å². The minimum atomic E-state index is -0.782. The monoisotopic (exact) mass is 404 g/mol. The molecule has 0 rings (SSSR count). The largest absolute Gasteiger partial charge is 0.463 e. The van der Waals surface area contributed by atoms with Crippen molar-refractivity contribution in [2.75, 3.05) is 47.2 Å². The first-order chi connectivity index (χ1) is 13.5. The molecule has 0 aromatic rings. The van der Waals surface area contributed by atoms with E-state index in [1.165, 1.54) is 14.2 Å². The van der Waals surface area contributed by atoms with Crippen LogP contribution in [-0.4, -0.2) is 77.5 Å². The predicted octanol–water partition coefficient (Wildman–Crippen LogP) is 0.573. The Morgan fingerprint density at radius 2 is 1.61 bits per heavy atom. The number of esters is 1. The minimum absolute atomic E-state index is 0.0764. The first-order valence-corrected chi connectivity index (χ1v) is 9.33. The van der Waals surface area contributed by atoms with Gasteiger partial charge in [0, 0.05) is 33.6 Å². The van der Waals surface area contributed by atoms with Crippen LogP contribution < -0.4 is 10.6 Å². The number of carbonyl (C=O) groups is 4. The molecule has 0 aliphatic heterocycles. The molecule has 1 unspecified atom stereocenters. The zero-order valence-corrected chi connectivity index (χ0v) is 16.7. The lowest BCUT2D eigenvalue weighted by molar-refractivity contribution is -0.145. The summed E-state index contributed by atoms with van der Waals surface area (Å²) in [6.45, 7) is 1.12. The van der Waals surface area contributed by atoms with Crippen LogP contribution in [0.1, 0.15) is 38.5 Å². The van der Waals surface area contributed by atoms with E-state index in [1.807, 2.05) is 0 Å². The fourth-order valence-electron chi connectivity index (χ4n) is 2.15. The maximum Gasteiger partial charge on any atom is 0.407 e. The highest BCUT2D eigenvalue weighted by atomic mass is 16.6. The van der Waals surface area contributed by atoms with Gasteiger partial charge in [0.15, 0.2) is 0 Å². The van der Waals surface area contributed by atoms with Gasteiger partial charge in [-0.25, -0.2) is 4.79 Å². The van der Waals surface area contributed by atoms with Crippen LogP contribution in [-0.2, 0) is 33.3 Å². The number of alkyl carbamates (subject to hydrolysis) is 1. The van der Waals surface area contributed by atoms with Gasteiger partial charge in [-0.3, -0.25) is 9.59 Å². The molecule has 0 aromatic heterocycles. The summed E-state index contributed by atoms with van der Waals surface area (Å²) in [5, 5.41) is 5.11. The third-order valence-corrected chi connectivity index (χ3v) is 3.61. The fourth-order valence-corrected chi connectivity index (χ4v) is 2.15. The zero-order chi connectivity index (χ0) is 21.0. The summed E-state index contributed by atoms with van der Waals surface area (Å²) < 4.78 is 19.5. The molecule has 0 spiro atoms. The van der Waals surface area contributed by atoms with Crippen molar-refractivity contribution in [3.8, 4) is 0 Å². The van der Waals surface area contributed by atoms with E-state index >= 15 is 0 Å². The van der Waals surface area contributed by atoms with Crippen molar-refractivity contribution < 1.29 is 38.1 Å². The molecule has 162 valence electrons. The van der Waals surface area contributed by atoms with E-state index in [9.17, 15) is 19.2 Å². The topological polar surface area (TPSA) is 129 Å². The molecule has 0 aliphatic carbocycles. The molecule has 0 aromatic carbocycles. The number of amides is 2. The van der Waals surface area contributed by atoms with Crippen molar-refractivity contribution in [2.45, 2.75) is 44.6 Å². The number of aldehydes is 1. The molecule has 28 heavy (non-hydrogen) atoms. The van der Waals surface area contributed by atoms with Crippen LogP contribution >= 0.6 is 0 Å². The van der Waals surface area contributed by atoms with E-state index < -0.39 is 12.1 Å². The van der Waals surface area contributed by atoms with E-state index in [0.717, 1.165) is 0 Å². The summed E-state index contributed by atoms with van der Waals surface area (Å²) in [5.41, 5.74) is 0. The minimum Gasteiger partial charge on any atom is -0.463 e. The van der Waals surface area contributed by atoms with Crippen LogP contribution in [0.4, 0.5) is 4.79 Å². The van der Waals surface area contributed by atoms with Crippen molar-refractivity contribution in [3.63, 3.8) is 0 Å². The highest BCUT2D eigenvalue weighted by Crippen LogP contribution is 2.07. The molecule has 2 N–H and O–H groups in total. The Kier molecular flexibility index (Phi) is 16.7. The first-order valence-electron chi connectivity index (χ1n) is 9.33. The Bertz CT molecular complexity index is 459. The summed E-state index contributed by atoms with van der Waals surface area (Å²) in [5.74, 6) is -0.676. The number of hydrogen-bond donors (Lipinski definition) is 2. The molecule has 2 amide bonds. The summed E-state index contributed by atoms with van der Waals surface area (Å²) in [7, 11) is 3.01. The third kappa shape index (κ3) is 14.9. The highest BCUT2D eigenvalue weighted by molar-refractivity contribution is 5.85. The summed E-state index contributed by atoms with van der Waals surface area (Å²) >= 11 is 0. The Morgan fingerprint density at radius 3 is 2.25 bits per heavy atom. The van der Waals surface area contributed by atoms with Gasteiger partial charge in [-0.15, -0.1) is 0 Å². The lowest BCUT2D eigenvalue weighted by atomic mass is 10.1. The molecule has 0 radical (unpaired) electrons. The number of methoxy groups -OCH3 is 2. The molecule has 0 saturated carbocycles. The van der Waals surface area contributed by atoms with Gasteiger partial charge < -0.3 is 34.4 Å². The standard InChI is InChI=1S/C18H32N2O8/c1-25-11-13-27-16(22)8-5-3-4-7-15(17(23)19-9-6-10-21)20-18(24)28-14-12-26-2/h10,15H,3-9,11-14H2,1-2H3,(H,19,23)(H,20,24). The molecular formula is C18H32N2O8. The van der Waals surface area contributed by atoms with Crippen LogP contribution in [0, 0.1) is 0 Å². The Balaban J connectivity index is 4.24. The van der Waals surface area contributed by atoms with Crippen molar-refractivity contribution in [2.24, 2.45) is 0 Å².